The average molecular weight is 191 g/mol. The topological polar surface area (TPSA) is 37.8 Å². The van der Waals surface area contributed by atoms with Gasteiger partial charge in [0.25, 0.3) is 0 Å². The molecule has 1 aromatic rings. The summed E-state index contributed by atoms with van der Waals surface area (Å²) in [6.07, 6.45) is 6.76. The van der Waals surface area contributed by atoms with Gasteiger partial charge in [0.1, 0.15) is 6.33 Å². The zero-order chi connectivity index (χ0) is 9.97. The van der Waals surface area contributed by atoms with Crippen molar-refractivity contribution in [3.63, 3.8) is 0 Å². The molecule has 1 aliphatic carbocycles. The van der Waals surface area contributed by atoms with E-state index in [0.717, 1.165) is 18.4 Å². The van der Waals surface area contributed by atoms with Gasteiger partial charge in [-0.25, -0.2) is 9.97 Å². The fraction of sp³-hybridized carbons (Fsp3) is 0.636. The molecule has 76 valence electrons. The third kappa shape index (κ3) is 1.93. The lowest BCUT2D eigenvalue weighted by Crippen LogP contribution is -2.23. The van der Waals surface area contributed by atoms with Crippen LogP contribution in [0.2, 0.25) is 0 Å². The lowest BCUT2D eigenvalue weighted by molar-refractivity contribution is 0.473. The van der Waals surface area contributed by atoms with Gasteiger partial charge in [0.15, 0.2) is 0 Å². The largest absolute Gasteiger partial charge is 0.310 e. The molecular weight excluding hydrogens is 174 g/mol. The number of nitrogens with one attached hydrogen (secondary N) is 1. The predicted molar refractivity (Wildman–Crippen MR) is 55.7 cm³/mol. The summed E-state index contributed by atoms with van der Waals surface area (Å²) < 4.78 is 0. The number of hydrogen-bond acceptors (Lipinski definition) is 3. The highest BCUT2D eigenvalue weighted by Gasteiger charge is 2.39. The molecule has 3 atom stereocenters. The quantitative estimate of drug-likeness (QED) is 0.788. The molecule has 0 aliphatic heterocycles. The Hall–Kier alpha value is -0.960. The summed E-state index contributed by atoms with van der Waals surface area (Å²) in [5.41, 5.74) is 1.23. The van der Waals surface area contributed by atoms with E-state index in [4.69, 9.17) is 0 Å². The van der Waals surface area contributed by atoms with Gasteiger partial charge in [-0.3, -0.25) is 0 Å². The Morgan fingerprint density at radius 1 is 1.50 bits per heavy atom. The summed E-state index contributed by atoms with van der Waals surface area (Å²) in [6, 6.07) is 0.455. The van der Waals surface area contributed by atoms with Gasteiger partial charge in [-0.05, 0) is 24.8 Å². The van der Waals surface area contributed by atoms with Gasteiger partial charge in [-0.2, -0.15) is 0 Å². The second kappa shape index (κ2) is 4.05. The van der Waals surface area contributed by atoms with Crippen LogP contribution in [0.15, 0.2) is 18.7 Å². The number of hydrogen-bond donors (Lipinski definition) is 1. The summed E-state index contributed by atoms with van der Waals surface area (Å²) >= 11 is 0. The summed E-state index contributed by atoms with van der Waals surface area (Å²) in [6.45, 7) is 5.45. The number of rotatable bonds is 4. The zero-order valence-electron chi connectivity index (χ0n) is 8.77. The van der Waals surface area contributed by atoms with Crippen molar-refractivity contribution in [3.05, 3.63) is 24.3 Å². The lowest BCUT2D eigenvalue weighted by Gasteiger charge is -2.17. The highest BCUT2D eigenvalue weighted by Crippen LogP contribution is 2.46. The van der Waals surface area contributed by atoms with Crippen LogP contribution >= 0.6 is 0 Å². The Kier molecular flexibility index (Phi) is 2.77. The Morgan fingerprint density at radius 3 is 2.64 bits per heavy atom. The van der Waals surface area contributed by atoms with Gasteiger partial charge in [0.05, 0.1) is 0 Å². The van der Waals surface area contributed by atoms with E-state index in [-0.39, 0.29) is 0 Å². The van der Waals surface area contributed by atoms with Gasteiger partial charge in [-0.15, -0.1) is 0 Å². The Balaban J connectivity index is 2.11. The molecule has 0 spiro atoms. The maximum atomic E-state index is 4.07. The standard InChI is InChI=1S/C11H17N3/c1-3-14-11(10-4-8(10)2)9-5-12-7-13-6-9/h5-8,10-11,14H,3-4H2,1-2H3. The first-order chi connectivity index (χ1) is 6.83. The van der Waals surface area contributed by atoms with Crippen LogP contribution in [0.3, 0.4) is 0 Å². The molecule has 1 saturated carbocycles. The SMILES string of the molecule is CCNC(c1cncnc1)C1CC1C. The molecule has 0 saturated heterocycles. The monoisotopic (exact) mass is 191 g/mol. The highest BCUT2D eigenvalue weighted by atomic mass is 14.9. The van der Waals surface area contributed by atoms with Gasteiger partial charge in [0.2, 0.25) is 0 Å². The maximum Gasteiger partial charge on any atom is 0.115 e. The molecule has 2 rings (SSSR count). The molecule has 0 amide bonds. The molecule has 3 heteroatoms. The Labute approximate surface area is 85.0 Å². The summed E-state index contributed by atoms with van der Waals surface area (Å²) in [5.74, 6) is 1.63. The van der Waals surface area contributed by atoms with Crippen LogP contribution in [-0.2, 0) is 0 Å². The molecule has 3 unspecified atom stereocenters. The number of aromatic nitrogens is 2. The molecule has 14 heavy (non-hydrogen) atoms. The van der Waals surface area contributed by atoms with Crippen molar-refractivity contribution in [2.24, 2.45) is 11.8 Å². The Morgan fingerprint density at radius 2 is 2.14 bits per heavy atom. The molecular formula is C11H17N3. The Bertz CT molecular complexity index is 286. The van der Waals surface area contributed by atoms with Crippen LogP contribution in [0, 0.1) is 11.8 Å². The average Bonchev–Trinajstić information content (AvgIpc) is 2.93. The highest BCUT2D eigenvalue weighted by molar-refractivity contribution is 5.14. The first-order valence-electron chi connectivity index (χ1n) is 5.31. The van der Waals surface area contributed by atoms with Gasteiger partial charge in [-0.1, -0.05) is 13.8 Å². The molecule has 3 nitrogen and oxygen atoms in total. The molecule has 1 aliphatic rings. The first kappa shape index (κ1) is 9.59. The molecule has 1 fully saturated rings. The van der Waals surface area contributed by atoms with Crippen LogP contribution in [0.25, 0.3) is 0 Å². The van der Waals surface area contributed by atoms with Gasteiger partial charge < -0.3 is 5.32 Å². The van der Waals surface area contributed by atoms with Crippen molar-refractivity contribution in [2.75, 3.05) is 6.54 Å². The van der Waals surface area contributed by atoms with Crippen molar-refractivity contribution in [3.8, 4) is 0 Å². The van der Waals surface area contributed by atoms with Gasteiger partial charge >= 0.3 is 0 Å². The molecule has 0 radical (unpaired) electrons. The maximum absolute atomic E-state index is 4.07. The van der Waals surface area contributed by atoms with Crippen LogP contribution in [0.5, 0.6) is 0 Å². The van der Waals surface area contributed by atoms with E-state index in [2.05, 4.69) is 29.1 Å². The lowest BCUT2D eigenvalue weighted by atomic mass is 10.0. The fourth-order valence-corrected chi connectivity index (χ4v) is 2.02. The van der Waals surface area contributed by atoms with E-state index in [1.807, 2.05) is 12.4 Å². The zero-order valence-corrected chi connectivity index (χ0v) is 8.77. The second-order valence-corrected chi connectivity index (χ2v) is 4.08. The normalized spacial score (nSPS) is 27.3. The molecule has 0 bridgehead atoms. The summed E-state index contributed by atoms with van der Waals surface area (Å²) in [5, 5.41) is 3.51. The van der Waals surface area contributed by atoms with Crippen molar-refractivity contribution in [1.29, 1.82) is 0 Å². The molecule has 1 aromatic heterocycles. The molecule has 1 N–H and O–H groups in total. The van der Waals surface area contributed by atoms with Crippen LogP contribution in [0.4, 0.5) is 0 Å². The van der Waals surface area contributed by atoms with Crippen LogP contribution in [-0.4, -0.2) is 16.5 Å². The van der Waals surface area contributed by atoms with Crippen LogP contribution < -0.4 is 5.32 Å². The van der Waals surface area contributed by atoms with E-state index in [1.165, 1.54) is 12.0 Å². The fourth-order valence-electron chi connectivity index (χ4n) is 2.02. The minimum absolute atomic E-state index is 0.455. The summed E-state index contributed by atoms with van der Waals surface area (Å²) in [4.78, 5) is 8.14. The first-order valence-corrected chi connectivity index (χ1v) is 5.31. The third-order valence-electron chi connectivity index (χ3n) is 2.96. The van der Waals surface area contributed by atoms with E-state index in [0.29, 0.717) is 6.04 Å². The van der Waals surface area contributed by atoms with Crippen molar-refractivity contribution in [1.82, 2.24) is 15.3 Å². The van der Waals surface area contributed by atoms with Crippen molar-refractivity contribution < 1.29 is 0 Å². The minimum Gasteiger partial charge on any atom is -0.310 e. The molecule has 0 aromatic carbocycles. The minimum atomic E-state index is 0.455. The van der Waals surface area contributed by atoms with E-state index in [1.54, 1.807) is 6.33 Å². The molecule has 1 heterocycles. The predicted octanol–water partition coefficient (Wildman–Crippen LogP) is 1.78. The third-order valence-corrected chi connectivity index (χ3v) is 2.96. The van der Waals surface area contributed by atoms with E-state index in [9.17, 15) is 0 Å². The van der Waals surface area contributed by atoms with E-state index >= 15 is 0 Å². The van der Waals surface area contributed by atoms with Crippen molar-refractivity contribution >= 4 is 0 Å². The van der Waals surface area contributed by atoms with Crippen molar-refractivity contribution in [2.45, 2.75) is 26.3 Å². The van der Waals surface area contributed by atoms with Crippen LogP contribution in [0.1, 0.15) is 31.9 Å². The smallest absolute Gasteiger partial charge is 0.115 e. The van der Waals surface area contributed by atoms with E-state index < -0.39 is 0 Å². The number of nitrogens with zero attached hydrogens (tertiary/aromatic N) is 2. The van der Waals surface area contributed by atoms with Gasteiger partial charge in [0, 0.05) is 24.0 Å². The summed E-state index contributed by atoms with van der Waals surface area (Å²) in [7, 11) is 0. The second-order valence-electron chi connectivity index (χ2n) is 4.08.